The lowest BCUT2D eigenvalue weighted by Gasteiger charge is -2.38. The molecule has 2 aliphatic rings. The highest BCUT2D eigenvalue weighted by atomic mass is 35.5. The number of halogens is 1. The second-order valence-corrected chi connectivity index (χ2v) is 9.28. The Bertz CT molecular complexity index is 1220. The van der Waals surface area contributed by atoms with E-state index in [4.69, 9.17) is 28.6 Å². The molecule has 1 aliphatic carbocycles. The maximum Gasteiger partial charge on any atom is 0.294 e. The second-order valence-electron chi connectivity index (χ2n) is 8.85. The van der Waals surface area contributed by atoms with Gasteiger partial charge < -0.3 is 19.8 Å². The fourth-order valence-electron chi connectivity index (χ4n) is 4.76. The maximum atomic E-state index is 13.2. The van der Waals surface area contributed by atoms with Crippen LogP contribution in [0, 0.1) is 5.92 Å². The van der Waals surface area contributed by atoms with Crippen LogP contribution in [-0.4, -0.2) is 66.9 Å². The molecule has 9 nitrogen and oxygen atoms in total. The van der Waals surface area contributed by atoms with Crippen molar-refractivity contribution in [3.8, 4) is 0 Å². The van der Waals surface area contributed by atoms with Crippen LogP contribution in [0.2, 0.25) is 5.02 Å². The van der Waals surface area contributed by atoms with Crippen molar-refractivity contribution in [2.75, 3.05) is 36.9 Å². The number of nitrogens with zero attached hydrogens (tertiary/aromatic N) is 3. The molecule has 0 unspecified atom stereocenters. The molecule has 2 radical (unpaired) electrons. The van der Waals surface area contributed by atoms with Gasteiger partial charge >= 0.3 is 0 Å². The summed E-state index contributed by atoms with van der Waals surface area (Å²) in [5, 5.41) is 6.03. The van der Waals surface area contributed by atoms with Crippen molar-refractivity contribution in [3.63, 3.8) is 0 Å². The van der Waals surface area contributed by atoms with Crippen molar-refractivity contribution in [2.45, 2.75) is 31.7 Å². The molecule has 3 aromatic rings. The summed E-state index contributed by atoms with van der Waals surface area (Å²) in [4.78, 5) is 37.1. The Kier molecular flexibility index (Phi) is 7.03. The Morgan fingerprint density at radius 3 is 2.54 bits per heavy atom. The van der Waals surface area contributed by atoms with Crippen LogP contribution >= 0.6 is 11.6 Å². The van der Waals surface area contributed by atoms with E-state index in [1.54, 1.807) is 24.3 Å². The van der Waals surface area contributed by atoms with Crippen LogP contribution in [0.5, 0.6) is 0 Å². The number of anilines is 2. The average Bonchev–Trinajstić information content (AvgIpc) is 3.23. The van der Waals surface area contributed by atoms with Gasteiger partial charge in [-0.25, -0.2) is 4.98 Å². The summed E-state index contributed by atoms with van der Waals surface area (Å²) in [6, 6.07) is 6.86. The van der Waals surface area contributed by atoms with Crippen LogP contribution < -0.4 is 16.2 Å². The summed E-state index contributed by atoms with van der Waals surface area (Å²) < 4.78 is 11.2. The average molecular weight is 494 g/mol. The number of nitrogens with one attached hydrogen (secondary N) is 2. The van der Waals surface area contributed by atoms with E-state index in [-0.39, 0.29) is 28.9 Å². The third-order valence-corrected chi connectivity index (χ3v) is 6.83. The summed E-state index contributed by atoms with van der Waals surface area (Å²) in [6.07, 6.45) is 4.87. The highest BCUT2D eigenvalue weighted by Gasteiger charge is 2.32. The number of hydrogen-bond donors (Lipinski definition) is 2. The van der Waals surface area contributed by atoms with Gasteiger partial charge in [0.05, 0.1) is 18.2 Å². The number of carbonyl (C=O) groups excluding carboxylic acids is 2. The van der Waals surface area contributed by atoms with E-state index in [0.29, 0.717) is 28.0 Å². The SMILES string of the molecule is [B]c1ccc2oc(C(=O)Nc3ccc(Cl)cn3)c(NC(=O)C3CCC(N4CCOCC4)CC3)c2n1. The Hall–Kier alpha value is -2.95. The summed E-state index contributed by atoms with van der Waals surface area (Å²) in [5.41, 5.74) is 1.14. The van der Waals surface area contributed by atoms with Crippen molar-refractivity contribution in [1.29, 1.82) is 0 Å². The molecule has 5 rings (SSSR count). The number of hydrogen-bond acceptors (Lipinski definition) is 7. The zero-order chi connectivity index (χ0) is 24.4. The topological polar surface area (TPSA) is 110 Å². The Balaban J connectivity index is 1.33. The van der Waals surface area contributed by atoms with Crippen molar-refractivity contribution < 1.29 is 18.7 Å². The normalized spacial score (nSPS) is 21.1. The van der Waals surface area contributed by atoms with Gasteiger partial charge in [0.25, 0.3) is 5.91 Å². The van der Waals surface area contributed by atoms with Gasteiger partial charge in [-0.3, -0.25) is 19.5 Å². The summed E-state index contributed by atoms with van der Waals surface area (Å²) in [5.74, 6) is -0.651. The van der Waals surface area contributed by atoms with Gasteiger partial charge in [-0.05, 0) is 55.5 Å². The first-order valence-electron chi connectivity index (χ1n) is 11.7. The molecule has 11 heteroatoms. The molecular formula is C24H25BClN5O4. The lowest BCUT2D eigenvalue weighted by molar-refractivity contribution is -0.121. The van der Waals surface area contributed by atoms with E-state index < -0.39 is 5.91 Å². The maximum absolute atomic E-state index is 13.2. The van der Waals surface area contributed by atoms with Crippen molar-refractivity contribution in [1.82, 2.24) is 14.9 Å². The summed E-state index contributed by atoms with van der Waals surface area (Å²) >= 11 is 5.87. The molecule has 35 heavy (non-hydrogen) atoms. The van der Waals surface area contributed by atoms with Crippen LogP contribution in [0.3, 0.4) is 0 Å². The van der Waals surface area contributed by atoms with Gasteiger partial charge in [-0.2, -0.15) is 0 Å². The van der Waals surface area contributed by atoms with E-state index in [9.17, 15) is 9.59 Å². The van der Waals surface area contributed by atoms with Gasteiger partial charge in [0.2, 0.25) is 11.7 Å². The highest BCUT2D eigenvalue weighted by molar-refractivity contribution is 6.31. The molecule has 4 heterocycles. The number of rotatable bonds is 5. The van der Waals surface area contributed by atoms with Crippen LogP contribution in [0.25, 0.3) is 11.1 Å². The predicted molar refractivity (Wildman–Crippen MR) is 133 cm³/mol. The quantitative estimate of drug-likeness (QED) is 0.526. The largest absolute Gasteiger partial charge is 0.447 e. The van der Waals surface area contributed by atoms with Crippen molar-refractivity contribution in [2.24, 2.45) is 5.92 Å². The molecule has 2 fully saturated rings. The third-order valence-electron chi connectivity index (χ3n) is 6.61. The van der Waals surface area contributed by atoms with Gasteiger partial charge in [0.1, 0.15) is 24.9 Å². The molecule has 0 bridgehead atoms. The van der Waals surface area contributed by atoms with Gasteiger partial charge in [0, 0.05) is 31.2 Å². The number of aromatic nitrogens is 2. The Morgan fingerprint density at radius 2 is 1.83 bits per heavy atom. The van der Waals surface area contributed by atoms with Crippen LogP contribution in [-0.2, 0) is 9.53 Å². The first kappa shape index (κ1) is 23.8. The molecule has 1 saturated carbocycles. The number of morpholine rings is 1. The molecule has 0 spiro atoms. The molecule has 2 amide bonds. The fraction of sp³-hybridized carbons (Fsp3) is 0.417. The molecule has 180 valence electrons. The minimum atomic E-state index is -0.567. The molecule has 0 aromatic carbocycles. The summed E-state index contributed by atoms with van der Waals surface area (Å²) in [7, 11) is 5.87. The molecule has 0 atom stereocenters. The van der Waals surface area contributed by atoms with Gasteiger partial charge in [-0.15, -0.1) is 0 Å². The van der Waals surface area contributed by atoms with E-state index >= 15 is 0 Å². The zero-order valence-electron chi connectivity index (χ0n) is 19.1. The molecule has 1 saturated heterocycles. The van der Waals surface area contributed by atoms with E-state index in [1.807, 2.05) is 0 Å². The van der Waals surface area contributed by atoms with Crippen molar-refractivity contribution >= 4 is 59.5 Å². The van der Waals surface area contributed by atoms with E-state index in [1.165, 1.54) is 6.20 Å². The zero-order valence-corrected chi connectivity index (χ0v) is 19.9. The van der Waals surface area contributed by atoms with Crippen LogP contribution in [0.15, 0.2) is 34.9 Å². The number of carbonyl (C=O) groups is 2. The third kappa shape index (κ3) is 5.34. The van der Waals surface area contributed by atoms with Crippen LogP contribution in [0.1, 0.15) is 36.2 Å². The molecule has 1 aliphatic heterocycles. The molecular weight excluding hydrogens is 469 g/mol. The van der Waals surface area contributed by atoms with Crippen molar-refractivity contribution in [3.05, 3.63) is 41.2 Å². The Labute approximate surface area is 209 Å². The predicted octanol–water partition coefficient (Wildman–Crippen LogP) is 2.75. The standard InChI is InChI=1S/C24H25BClN5O4/c25-18-7-6-17-20(28-18)21(22(35-17)24(33)29-19-8-3-15(26)13-27-19)30-23(32)14-1-4-16(5-2-14)31-9-11-34-12-10-31/h3,6-8,13-14,16H,1-2,4-5,9-12H2,(H,30,32)(H,27,29,33). The Morgan fingerprint density at radius 1 is 1.06 bits per heavy atom. The van der Waals surface area contributed by atoms with Crippen LogP contribution in [0.4, 0.5) is 11.5 Å². The first-order chi connectivity index (χ1) is 17.0. The number of amides is 2. The monoisotopic (exact) mass is 493 g/mol. The minimum Gasteiger partial charge on any atom is -0.447 e. The fourth-order valence-corrected chi connectivity index (χ4v) is 4.87. The number of furan rings is 1. The number of fused-ring (bicyclic) bond motifs is 1. The second kappa shape index (κ2) is 10.4. The van der Waals surface area contributed by atoms with E-state index in [0.717, 1.165) is 52.0 Å². The molecule has 3 aromatic heterocycles. The summed E-state index contributed by atoms with van der Waals surface area (Å²) in [6.45, 7) is 3.41. The molecule has 2 N–H and O–H groups in total. The van der Waals surface area contributed by atoms with E-state index in [2.05, 4.69) is 25.5 Å². The minimum absolute atomic E-state index is 0.0646. The number of pyridine rings is 2. The lowest BCUT2D eigenvalue weighted by Crippen LogP contribution is -2.45. The number of ether oxygens (including phenoxy) is 1. The smallest absolute Gasteiger partial charge is 0.294 e. The first-order valence-corrected chi connectivity index (χ1v) is 12.1. The highest BCUT2D eigenvalue weighted by Crippen LogP contribution is 2.33. The van der Waals surface area contributed by atoms with Gasteiger partial charge in [-0.1, -0.05) is 11.6 Å². The van der Waals surface area contributed by atoms with Gasteiger partial charge in [0.15, 0.2) is 5.58 Å². The lowest BCUT2D eigenvalue weighted by atomic mass is 9.84.